The van der Waals surface area contributed by atoms with E-state index in [1.54, 1.807) is 11.3 Å². The van der Waals surface area contributed by atoms with E-state index in [2.05, 4.69) is 27.0 Å². The molecule has 0 aliphatic carbocycles. The van der Waals surface area contributed by atoms with E-state index in [1.807, 2.05) is 11.9 Å². The summed E-state index contributed by atoms with van der Waals surface area (Å²) >= 11 is 1.70. The van der Waals surface area contributed by atoms with Gasteiger partial charge in [0, 0.05) is 32.7 Å². The standard InChI is InChI=1S/C12H19N3OS/c1-14(8-11-2-7-17-10-11)9-12(16)15-5-3-13-4-6-15/h2,7,10,13H,3-6,8-9H2,1H3. The van der Waals surface area contributed by atoms with Gasteiger partial charge in [0.25, 0.3) is 0 Å². The molecule has 2 heterocycles. The average molecular weight is 253 g/mol. The maximum Gasteiger partial charge on any atom is 0.236 e. The number of carbonyl (C=O) groups excluding carboxylic acids is 1. The Balaban J connectivity index is 1.77. The first kappa shape index (κ1) is 12.5. The Morgan fingerprint density at radius 3 is 2.94 bits per heavy atom. The summed E-state index contributed by atoms with van der Waals surface area (Å²) in [5, 5.41) is 7.45. The molecule has 0 aromatic carbocycles. The van der Waals surface area contributed by atoms with Crippen LogP contribution in [0.4, 0.5) is 0 Å². The number of nitrogens with one attached hydrogen (secondary N) is 1. The molecule has 0 unspecified atom stereocenters. The van der Waals surface area contributed by atoms with Crippen molar-refractivity contribution in [1.82, 2.24) is 15.1 Å². The van der Waals surface area contributed by atoms with E-state index < -0.39 is 0 Å². The van der Waals surface area contributed by atoms with Crippen LogP contribution in [0.15, 0.2) is 16.8 Å². The molecule has 0 radical (unpaired) electrons. The molecule has 5 heteroatoms. The highest BCUT2D eigenvalue weighted by Gasteiger charge is 2.17. The number of thiophene rings is 1. The molecule has 0 atom stereocenters. The van der Waals surface area contributed by atoms with Crippen LogP contribution >= 0.6 is 11.3 Å². The number of carbonyl (C=O) groups is 1. The van der Waals surface area contributed by atoms with Crippen molar-refractivity contribution in [2.24, 2.45) is 0 Å². The summed E-state index contributed by atoms with van der Waals surface area (Å²) in [5.74, 6) is 0.240. The molecule has 1 aromatic heterocycles. The van der Waals surface area contributed by atoms with Crippen molar-refractivity contribution in [2.45, 2.75) is 6.54 Å². The third kappa shape index (κ3) is 3.80. The molecular weight excluding hydrogens is 234 g/mol. The molecule has 1 N–H and O–H groups in total. The highest BCUT2D eigenvalue weighted by molar-refractivity contribution is 7.07. The molecule has 0 saturated carbocycles. The molecule has 0 bridgehead atoms. The Bertz CT molecular complexity index is 347. The Morgan fingerprint density at radius 1 is 1.53 bits per heavy atom. The molecule has 2 rings (SSSR count). The number of hydrogen-bond acceptors (Lipinski definition) is 4. The van der Waals surface area contributed by atoms with Gasteiger partial charge in [-0.05, 0) is 29.4 Å². The summed E-state index contributed by atoms with van der Waals surface area (Å²) < 4.78 is 0. The summed E-state index contributed by atoms with van der Waals surface area (Å²) in [7, 11) is 2.00. The second-order valence-electron chi connectivity index (χ2n) is 4.43. The first-order valence-electron chi connectivity index (χ1n) is 5.94. The van der Waals surface area contributed by atoms with Crippen molar-refractivity contribution in [2.75, 3.05) is 39.8 Å². The van der Waals surface area contributed by atoms with Crippen LogP contribution in [0.1, 0.15) is 5.56 Å². The molecule has 1 aliphatic heterocycles. The van der Waals surface area contributed by atoms with Crippen molar-refractivity contribution < 1.29 is 4.79 Å². The molecule has 0 spiro atoms. The number of amides is 1. The Morgan fingerprint density at radius 2 is 2.29 bits per heavy atom. The Hall–Kier alpha value is -0.910. The SMILES string of the molecule is CN(CC(=O)N1CCNCC1)Cc1ccsc1. The fraction of sp³-hybridized carbons (Fsp3) is 0.583. The van der Waals surface area contributed by atoms with Crippen molar-refractivity contribution in [3.63, 3.8) is 0 Å². The summed E-state index contributed by atoms with van der Waals surface area (Å²) in [6.45, 7) is 4.87. The summed E-state index contributed by atoms with van der Waals surface area (Å²) in [6.07, 6.45) is 0. The fourth-order valence-electron chi connectivity index (χ4n) is 2.00. The van der Waals surface area contributed by atoms with E-state index in [0.29, 0.717) is 6.54 Å². The van der Waals surface area contributed by atoms with Gasteiger partial charge in [-0.2, -0.15) is 11.3 Å². The molecule has 1 amide bonds. The molecule has 1 aromatic rings. The summed E-state index contributed by atoms with van der Waals surface area (Å²) in [5.41, 5.74) is 1.28. The predicted octanol–water partition coefficient (Wildman–Crippen LogP) is 0.612. The molecule has 1 fully saturated rings. The second kappa shape index (κ2) is 6.14. The van der Waals surface area contributed by atoms with Crippen LogP contribution in [-0.4, -0.2) is 55.5 Å². The highest BCUT2D eigenvalue weighted by Crippen LogP contribution is 2.08. The number of nitrogens with zero attached hydrogens (tertiary/aromatic N) is 2. The lowest BCUT2D eigenvalue weighted by Gasteiger charge is -2.29. The van der Waals surface area contributed by atoms with E-state index in [0.717, 1.165) is 32.7 Å². The van der Waals surface area contributed by atoms with Crippen molar-refractivity contribution in [3.05, 3.63) is 22.4 Å². The molecule has 4 nitrogen and oxygen atoms in total. The minimum atomic E-state index is 0.240. The van der Waals surface area contributed by atoms with E-state index >= 15 is 0 Å². The van der Waals surface area contributed by atoms with Crippen LogP contribution in [0, 0.1) is 0 Å². The molecule has 1 aliphatic rings. The van der Waals surface area contributed by atoms with Gasteiger partial charge in [0.1, 0.15) is 0 Å². The Labute approximate surface area is 106 Å². The quantitative estimate of drug-likeness (QED) is 0.854. The minimum Gasteiger partial charge on any atom is -0.339 e. The van der Waals surface area contributed by atoms with Crippen molar-refractivity contribution in [1.29, 1.82) is 0 Å². The zero-order valence-corrected chi connectivity index (χ0v) is 11.0. The van der Waals surface area contributed by atoms with Crippen molar-refractivity contribution >= 4 is 17.2 Å². The van der Waals surface area contributed by atoms with Crippen LogP contribution in [0.3, 0.4) is 0 Å². The maximum atomic E-state index is 12.0. The van der Waals surface area contributed by atoms with Crippen LogP contribution in [-0.2, 0) is 11.3 Å². The lowest BCUT2D eigenvalue weighted by Crippen LogP contribution is -2.49. The number of likely N-dealkylation sites (N-methyl/N-ethyl adjacent to an activating group) is 1. The lowest BCUT2D eigenvalue weighted by molar-refractivity contribution is -0.132. The van der Waals surface area contributed by atoms with Crippen LogP contribution in [0.5, 0.6) is 0 Å². The molecule has 17 heavy (non-hydrogen) atoms. The summed E-state index contributed by atoms with van der Waals surface area (Å²) in [4.78, 5) is 16.0. The second-order valence-corrected chi connectivity index (χ2v) is 5.21. The van der Waals surface area contributed by atoms with E-state index in [-0.39, 0.29) is 5.91 Å². The van der Waals surface area contributed by atoms with Crippen molar-refractivity contribution in [3.8, 4) is 0 Å². The van der Waals surface area contributed by atoms with Gasteiger partial charge in [-0.25, -0.2) is 0 Å². The van der Waals surface area contributed by atoms with Gasteiger partial charge in [0.05, 0.1) is 6.54 Å². The third-order valence-corrected chi connectivity index (χ3v) is 3.64. The predicted molar refractivity (Wildman–Crippen MR) is 70.1 cm³/mol. The number of rotatable bonds is 4. The molecule has 94 valence electrons. The maximum absolute atomic E-state index is 12.0. The minimum absolute atomic E-state index is 0.240. The van der Waals surface area contributed by atoms with Crippen LogP contribution in [0.25, 0.3) is 0 Å². The van der Waals surface area contributed by atoms with Crippen LogP contribution < -0.4 is 5.32 Å². The highest BCUT2D eigenvalue weighted by atomic mass is 32.1. The number of piperazine rings is 1. The molecular formula is C12H19N3OS. The van der Waals surface area contributed by atoms with E-state index in [4.69, 9.17) is 0 Å². The Kier molecular flexibility index (Phi) is 4.53. The number of hydrogen-bond donors (Lipinski definition) is 1. The van der Waals surface area contributed by atoms with Gasteiger partial charge >= 0.3 is 0 Å². The van der Waals surface area contributed by atoms with Gasteiger partial charge in [0.2, 0.25) is 5.91 Å². The molecule has 1 saturated heterocycles. The zero-order valence-electron chi connectivity index (χ0n) is 10.2. The average Bonchev–Trinajstić information content (AvgIpc) is 2.82. The lowest BCUT2D eigenvalue weighted by atomic mass is 10.3. The third-order valence-electron chi connectivity index (χ3n) is 2.91. The fourth-order valence-corrected chi connectivity index (χ4v) is 2.66. The smallest absolute Gasteiger partial charge is 0.236 e. The van der Waals surface area contributed by atoms with Crippen LogP contribution in [0.2, 0.25) is 0 Å². The zero-order chi connectivity index (χ0) is 12.1. The first-order valence-corrected chi connectivity index (χ1v) is 6.88. The summed E-state index contributed by atoms with van der Waals surface area (Å²) in [6, 6.07) is 2.11. The largest absolute Gasteiger partial charge is 0.339 e. The van der Waals surface area contributed by atoms with Gasteiger partial charge in [-0.1, -0.05) is 0 Å². The van der Waals surface area contributed by atoms with E-state index in [1.165, 1.54) is 5.56 Å². The van der Waals surface area contributed by atoms with Gasteiger partial charge < -0.3 is 10.2 Å². The van der Waals surface area contributed by atoms with Gasteiger partial charge in [-0.3, -0.25) is 9.69 Å². The normalized spacial score (nSPS) is 16.5. The van der Waals surface area contributed by atoms with E-state index in [9.17, 15) is 4.79 Å². The first-order chi connectivity index (χ1) is 8.25. The topological polar surface area (TPSA) is 35.6 Å². The van der Waals surface area contributed by atoms with Gasteiger partial charge in [-0.15, -0.1) is 0 Å². The monoisotopic (exact) mass is 253 g/mol. The van der Waals surface area contributed by atoms with Gasteiger partial charge in [0.15, 0.2) is 0 Å².